The summed E-state index contributed by atoms with van der Waals surface area (Å²) >= 11 is 9.38. The molecule has 0 aromatic heterocycles. The van der Waals surface area contributed by atoms with Gasteiger partial charge in [0.2, 0.25) is 0 Å². The Kier molecular flexibility index (Phi) is 5.95. The number of aromatic hydroxyl groups is 1. The lowest BCUT2D eigenvalue weighted by Gasteiger charge is -2.26. The first-order valence-electron chi connectivity index (χ1n) is 8.55. The van der Waals surface area contributed by atoms with Crippen LogP contribution in [0.5, 0.6) is 11.5 Å². The number of urea groups is 1. The van der Waals surface area contributed by atoms with Gasteiger partial charge in [0, 0.05) is 4.47 Å². The molecular formula is C20H16BrClN2O5. The number of hydrogen-bond acceptors (Lipinski definition) is 5. The molecule has 1 saturated heterocycles. The Morgan fingerprint density at radius 1 is 1.24 bits per heavy atom. The maximum Gasteiger partial charge on any atom is 0.335 e. The first kappa shape index (κ1) is 20.9. The molecule has 2 aromatic rings. The van der Waals surface area contributed by atoms with Crippen molar-refractivity contribution in [2.75, 3.05) is 11.5 Å². The number of benzene rings is 2. The number of imide groups is 2. The fourth-order valence-corrected chi connectivity index (χ4v) is 3.23. The van der Waals surface area contributed by atoms with E-state index in [9.17, 15) is 19.5 Å². The van der Waals surface area contributed by atoms with Crippen LogP contribution in [0.25, 0.3) is 6.08 Å². The van der Waals surface area contributed by atoms with E-state index >= 15 is 0 Å². The first-order valence-corrected chi connectivity index (χ1v) is 9.73. The molecule has 0 spiro atoms. The third-order valence-corrected chi connectivity index (χ3v) is 5.34. The molecule has 2 aromatic carbocycles. The molecule has 0 radical (unpaired) electrons. The molecule has 29 heavy (non-hydrogen) atoms. The largest absolute Gasteiger partial charge is 0.503 e. The van der Waals surface area contributed by atoms with Gasteiger partial charge in [-0.05, 0) is 61.4 Å². The van der Waals surface area contributed by atoms with E-state index in [1.807, 2.05) is 6.92 Å². The monoisotopic (exact) mass is 478 g/mol. The number of halogens is 2. The van der Waals surface area contributed by atoms with E-state index in [2.05, 4.69) is 21.2 Å². The smallest absolute Gasteiger partial charge is 0.335 e. The summed E-state index contributed by atoms with van der Waals surface area (Å²) in [5.74, 6) is -1.72. The fourth-order valence-electron chi connectivity index (χ4n) is 2.77. The third kappa shape index (κ3) is 4.13. The van der Waals surface area contributed by atoms with Crippen LogP contribution in [0.15, 0.2) is 40.4 Å². The highest BCUT2D eigenvalue weighted by molar-refractivity contribution is 9.10. The molecule has 0 aliphatic carbocycles. The van der Waals surface area contributed by atoms with Gasteiger partial charge in [0.1, 0.15) is 5.57 Å². The molecule has 1 fully saturated rings. The highest BCUT2D eigenvalue weighted by Gasteiger charge is 2.37. The molecule has 0 saturated carbocycles. The second kappa shape index (κ2) is 8.26. The SMILES string of the molecule is CCOc1cc(/C=C2\C(=O)NC(=O)N(c3ccc(Br)c(C)c3)C2=O)cc(Cl)c1O. The third-order valence-electron chi connectivity index (χ3n) is 4.16. The quantitative estimate of drug-likeness (QED) is 0.507. The molecular weight excluding hydrogens is 464 g/mol. The number of anilines is 1. The molecule has 9 heteroatoms. The van der Waals surface area contributed by atoms with E-state index in [4.69, 9.17) is 16.3 Å². The Labute approximate surface area is 180 Å². The number of nitrogens with zero attached hydrogens (tertiary/aromatic N) is 1. The molecule has 1 aliphatic heterocycles. The average Bonchev–Trinajstić information content (AvgIpc) is 2.65. The highest BCUT2D eigenvalue weighted by atomic mass is 79.9. The van der Waals surface area contributed by atoms with Gasteiger partial charge in [-0.15, -0.1) is 0 Å². The van der Waals surface area contributed by atoms with Gasteiger partial charge < -0.3 is 9.84 Å². The van der Waals surface area contributed by atoms with Crippen molar-refractivity contribution in [2.45, 2.75) is 13.8 Å². The Bertz CT molecular complexity index is 1070. The molecule has 0 atom stereocenters. The van der Waals surface area contributed by atoms with Crippen molar-refractivity contribution >= 4 is 57.1 Å². The Balaban J connectivity index is 2.05. The first-order chi connectivity index (χ1) is 13.7. The van der Waals surface area contributed by atoms with Gasteiger partial charge >= 0.3 is 6.03 Å². The molecule has 1 aliphatic rings. The predicted octanol–water partition coefficient (Wildman–Crippen LogP) is 4.18. The standard InChI is InChI=1S/C20H16BrClN2O5/c1-3-29-16-9-11(8-15(22)17(16)25)7-13-18(26)23-20(28)24(19(13)27)12-4-5-14(21)10(2)6-12/h4-9,25H,3H2,1-2H3,(H,23,26,28)/b13-7+. The van der Waals surface area contributed by atoms with Crippen LogP contribution in [-0.4, -0.2) is 29.6 Å². The van der Waals surface area contributed by atoms with Gasteiger partial charge in [-0.2, -0.15) is 0 Å². The number of phenolic OH excluding ortho intramolecular Hbond substituents is 1. The zero-order valence-corrected chi connectivity index (χ0v) is 17.8. The Morgan fingerprint density at radius 2 is 1.97 bits per heavy atom. The summed E-state index contributed by atoms with van der Waals surface area (Å²) in [5, 5.41) is 12.1. The minimum Gasteiger partial charge on any atom is -0.503 e. The summed E-state index contributed by atoms with van der Waals surface area (Å²) in [6.07, 6.45) is 1.29. The number of barbiturate groups is 1. The van der Waals surface area contributed by atoms with Crippen LogP contribution in [0.3, 0.4) is 0 Å². The van der Waals surface area contributed by atoms with Crippen molar-refractivity contribution in [1.29, 1.82) is 0 Å². The number of rotatable bonds is 4. The average molecular weight is 480 g/mol. The van der Waals surface area contributed by atoms with Gasteiger partial charge in [0.05, 0.1) is 17.3 Å². The van der Waals surface area contributed by atoms with Crippen molar-refractivity contribution in [1.82, 2.24) is 5.32 Å². The van der Waals surface area contributed by atoms with E-state index in [0.717, 1.165) is 14.9 Å². The fraction of sp³-hybridized carbons (Fsp3) is 0.150. The van der Waals surface area contributed by atoms with Crippen LogP contribution >= 0.6 is 27.5 Å². The van der Waals surface area contributed by atoms with E-state index in [-0.39, 0.29) is 28.7 Å². The molecule has 1 heterocycles. The number of aryl methyl sites for hydroxylation is 1. The maximum atomic E-state index is 13.0. The Hall–Kier alpha value is -2.84. The van der Waals surface area contributed by atoms with Crippen LogP contribution in [0.4, 0.5) is 10.5 Å². The number of ether oxygens (including phenoxy) is 1. The second-order valence-electron chi connectivity index (χ2n) is 6.17. The lowest BCUT2D eigenvalue weighted by atomic mass is 10.1. The highest BCUT2D eigenvalue weighted by Crippen LogP contribution is 2.36. The van der Waals surface area contributed by atoms with Crippen LogP contribution in [0, 0.1) is 6.92 Å². The minimum atomic E-state index is -0.836. The van der Waals surface area contributed by atoms with Crippen LogP contribution < -0.4 is 15.0 Å². The molecule has 0 unspecified atom stereocenters. The van der Waals surface area contributed by atoms with E-state index in [1.165, 1.54) is 18.2 Å². The van der Waals surface area contributed by atoms with Crippen LogP contribution in [-0.2, 0) is 9.59 Å². The van der Waals surface area contributed by atoms with Crippen molar-refractivity contribution < 1.29 is 24.2 Å². The number of carbonyl (C=O) groups excluding carboxylic acids is 3. The topological polar surface area (TPSA) is 95.9 Å². The number of nitrogens with one attached hydrogen (secondary N) is 1. The number of phenols is 1. The van der Waals surface area contributed by atoms with Crippen LogP contribution in [0.2, 0.25) is 5.02 Å². The summed E-state index contributed by atoms with van der Waals surface area (Å²) < 4.78 is 6.13. The van der Waals surface area contributed by atoms with Crippen LogP contribution in [0.1, 0.15) is 18.1 Å². The van der Waals surface area contributed by atoms with Crippen molar-refractivity contribution in [3.8, 4) is 11.5 Å². The zero-order chi connectivity index (χ0) is 21.3. The molecule has 7 nitrogen and oxygen atoms in total. The molecule has 0 bridgehead atoms. The normalized spacial score (nSPS) is 15.7. The summed E-state index contributed by atoms with van der Waals surface area (Å²) in [7, 11) is 0. The summed E-state index contributed by atoms with van der Waals surface area (Å²) in [4.78, 5) is 38.5. The predicted molar refractivity (Wildman–Crippen MR) is 112 cm³/mol. The second-order valence-corrected chi connectivity index (χ2v) is 7.44. The minimum absolute atomic E-state index is 0.00272. The lowest BCUT2D eigenvalue weighted by Crippen LogP contribution is -2.54. The molecule has 4 amide bonds. The van der Waals surface area contributed by atoms with Crippen molar-refractivity contribution in [3.05, 3.63) is 56.5 Å². The van der Waals surface area contributed by atoms with Crippen molar-refractivity contribution in [2.24, 2.45) is 0 Å². The molecule has 150 valence electrons. The maximum absolute atomic E-state index is 13.0. The Morgan fingerprint density at radius 3 is 2.62 bits per heavy atom. The molecule has 2 N–H and O–H groups in total. The number of carbonyl (C=O) groups is 3. The lowest BCUT2D eigenvalue weighted by molar-refractivity contribution is -0.122. The van der Waals surface area contributed by atoms with Gasteiger partial charge in [-0.3, -0.25) is 14.9 Å². The van der Waals surface area contributed by atoms with Gasteiger partial charge in [0.25, 0.3) is 11.8 Å². The summed E-state index contributed by atoms with van der Waals surface area (Å²) in [6, 6.07) is 6.95. The van der Waals surface area contributed by atoms with Gasteiger partial charge in [-0.25, -0.2) is 9.69 Å². The van der Waals surface area contributed by atoms with Crippen molar-refractivity contribution in [3.63, 3.8) is 0 Å². The zero-order valence-electron chi connectivity index (χ0n) is 15.5. The van der Waals surface area contributed by atoms with E-state index < -0.39 is 17.8 Å². The summed E-state index contributed by atoms with van der Waals surface area (Å²) in [6.45, 7) is 3.84. The number of amides is 4. The van der Waals surface area contributed by atoms with Gasteiger partial charge in [-0.1, -0.05) is 27.5 Å². The van der Waals surface area contributed by atoms with Gasteiger partial charge in [0.15, 0.2) is 11.5 Å². The van der Waals surface area contributed by atoms with E-state index in [1.54, 1.807) is 25.1 Å². The van der Waals surface area contributed by atoms with E-state index in [0.29, 0.717) is 11.3 Å². The molecule has 3 rings (SSSR count). The number of hydrogen-bond donors (Lipinski definition) is 2. The summed E-state index contributed by atoms with van der Waals surface area (Å²) in [5.41, 5.74) is 1.24.